The standard InChI is InChI=1S/C16H19NO4S/c1-10-3-4-14-12(7-10)15(18)11(9-21-14)8-17-13(16(19)20)5-6-22-2/h3-4,7,9,13,17H,5-6,8H2,1-2H3,(H,19,20). The Labute approximate surface area is 132 Å². The number of carboxylic acid groups (broad SMARTS) is 1. The van der Waals surface area contributed by atoms with E-state index in [0.29, 0.717) is 23.0 Å². The lowest BCUT2D eigenvalue weighted by molar-refractivity contribution is -0.139. The maximum absolute atomic E-state index is 12.4. The second kappa shape index (κ2) is 7.47. The number of nitrogens with one attached hydrogen (secondary N) is 1. The summed E-state index contributed by atoms with van der Waals surface area (Å²) >= 11 is 1.59. The van der Waals surface area contributed by atoms with Gasteiger partial charge in [-0.2, -0.15) is 11.8 Å². The Hall–Kier alpha value is -1.79. The molecule has 0 radical (unpaired) electrons. The monoisotopic (exact) mass is 321 g/mol. The first-order valence-corrected chi connectivity index (χ1v) is 8.38. The summed E-state index contributed by atoms with van der Waals surface area (Å²) in [7, 11) is 0. The summed E-state index contributed by atoms with van der Waals surface area (Å²) in [6.07, 6.45) is 3.84. The van der Waals surface area contributed by atoms with E-state index in [-0.39, 0.29) is 12.0 Å². The fourth-order valence-corrected chi connectivity index (χ4v) is 2.66. The molecule has 2 aromatic rings. The SMILES string of the molecule is CSCCC(NCc1coc2ccc(C)cc2c1=O)C(=O)O. The normalized spacial score (nSPS) is 12.5. The highest BCUT2D eigenvalue weighted by atomic mass is 32.2. The van der Waals surface area contributed by atoms with Gasteiger partial charge in [0.1, 0.15) is 11.6 Å². The van der Waals surface area contributed by atoms with Crippen molar-refractivity contribution in [2.75, 3.05) is 12.0 Å². The van der Waals surface area contributed by atoms with Crippen LogP contribution < -0.4 is 10.7 Å². The van der Waals surface area contributed by atoms with E-state index in [1.165, 1.54) is 6.26 Å². The number of aliphatic carboxylic acids is 1. The molecule has 118 valence electrons. The summed E-state index contributed by atoms with van der Waals surface area (Å²) in [5.41, 5.74) is 1.84. The highest BCUT2D eigenvalue weighted by molar-refractivity contribution is 7.98. The Kier molecular flexibility index (Phi) is 5.63. The Balaban J connectivity index is 2.19. The maximum atomic E-state index is 12.4. The van der Waals surface area contributed by atoms with Gasteiger partial charge in [-0.15, -0.1) is 0 Å². The molecule has 6 heteroatoms. The molecule has 2 N–H and O–H groups in total. The van der Waals surface area contributed by atoms with Crippen LogP contribution in [-0.2, 0) is 11.3 Å². The van der Waals surface area contributed by atoms with E-state index in [1.54, 1.807) is 23.9 Å². The molecule has 0 aliphatic heterocycles. The third kappa shape index (κ3) is 3.90. The van der Waals surface area contributed by atoms with Gasteiger partial charge in [-0.25, -0.2) is 0 Å². The van der Waals surface area contributed by atoms with Gasteiger partial charge in [0, 0.05) is 12.1 Å². The first-order chi connectivity index (χ1) is 10.5. The van der Waals surface area contributed by atoms with Crippen molar-refractivity contribution in [2.24, 2.45) is 0 Å². The molecule has 0 saturated heterocycles. The zero-order valence-electron chi connectivity index (χ0n) is 12.6. The van der Waals surface area contributed by atoms with Crippen molar-refractivity contribution >= 4 is 28.7 Å². The van der Waals surface area contributed by atoms with Crippen LogP contribution in [0, 0.1) is 6.92 Å². The number of hydrogen-bond donors (Lipinski definition) is 2. The molecule has 1 aromatic heterocycles. The van der Waals surface area contributed by atoms with Crippen molar-refractivity contribution in [3.05, 3.63) is 45.8 Å². The Morgan fingerprint density at radius 3 is 2.91 bits per heavy atom. The van der Waals surface area contributed by atoms with Crippen molar-refractivity contribution in [1.29, 1.82) is 0 Å². The van der Waals surface area contributed by atoms with Crippen molar-refractivity contribution < 1.29 is 14.3 Å². The number of aryl methyl sites for hydroxylation is 1. The Bertz CT molecular complexity index is 726. The van der Waals surface area contributed by atoms with Gasteiger partial charge in [-0.1, -0.05) is 11.6 Å². The van der Waals surface area contributed by atoms with E-state index in [4.69, 9.17) is 4.42 Å². The number of carbonyl (C=O) groups is 1. The van der Waals surface area contributed by atoms with Crippen LogP contribution >= 0.6 is 11.8 Å². The molecule has 1 atom stereocenters. The highest BCUT2D eigenvalue weighted by Gasteiger charge is 2.17. The number of rotatable bonds is 7. The van der Waals surface area contributed by atoms with Crippen LogP contribution in [-0.4, -0.2) is 29.1 Å². The molecule has 0 fully saturated rings. The summed E-state index contributed by atoms with van der Waals surface area (Å²) in [5, 5.41) is 12.6. The van der Waals surface area contributed by atoms with Crippen LogP contribution in [0.25, 0.3) is 11.0 Å². The van der Waals surface area contributed by atoms with Gasteiger partial charge < -0.3 is 14.8 Å². The van der Waals surface area contributed by atoms with Crippen LogP contribution in [0.2, 0.25) is 0 Å². The molecule has 0 spiro atoms. The molecule has 5 nitrogen and oxygen atoms in total. The van der Waals surface area contributed by atoms with E-state index >= 15 is 0 Å². The molecule has 1 unspecified atom stereocenters. The molecule has 0 saturated carbocycles. The molecule has 1 heterocycles. The molecule has 0 aliphatic carbocycles. The molecule has 22 heavy (non-hydrogen) atoms. The van der Waals surface area contributed by atoms with Gasteiger partial charge in [-0.05, 0) is 37.5 Å². The van der Waals surface area contributed by atoms with Crippen LogP contribution in [0.5, 0.6) is 0 Å². The quantitative estimate of drug-likeness (QED) is 0.815. The lowest BCUT2D eigenvalue weighted by Crippen LogP contribution is -2.37. The van der Waals surface area contributed by atoms with Gasteiger partial charge in [0.2, 0.25) is 0 Å². The van der Waals surface area contributed by atoms with Crippen molar-refractivity contribution in [1.82, 2.24) is 5.32 Å². The van der Waals surface area contributed by atoms with E-state index < -0.39 is 12.0 Å². The molecule has 0 amide bonds. The zero-order valence-corrected chi connectivity index (χ0v) is 13.4. The minimum Gasteiger partial charge on any atom is -0.480 e. The lowest BCUT2D eigenvalue weighted by atomic mass is 10.1. The van der Waals surface area contributed by atoms with Crippen LogP contribution in [0.4, 0.5) is 0 Å². The summed E-state index contributed by atoms with van der Waals surface area (Å²) in [4.78, 5) is 23.6. The summed E-state index contributed by atoms with van der Waals surface area (Å²) < 4.78 is 5.46. The predicted octanol–water partition coefficient (Wildman–Crippen LogP) is 2.40. The zero-order chi connectivity index (χ0) is 16.1. The molecule has 0 bridgehead atoms. The molecule has 0 aliphatic rings. The number of carboxylic acids is 1. The van der Waals surface area contributed by atoms with Crippen molar-refractivity contribution in [3.8, 4) is 0 Å². The topological polar surface area (TPSA) is 79.5 Å². The van der Waals surface area contributed by atoms with E-state index in [9.17, 15) is 14.7 Å². The molecule has 2 rings (SSSR count). The number of fused-ring (bicyclic) bond motifs is 1. The van der Waals surface area contributed by atoms with Crippen LogP contribution in [0.1, 0.15) is 17.5 Å². The van der Waals surface area contributed by atoms with E-state index in [0.717, 1.165) is 11.3 Å². The first-order valence-electron chi connectivity index (χ1n) is 6.99. The fourth-order valence-electron chi connectivity index (χ4n) is 2.19. The van der Waals surface area contributed by atoms with Gasteiger partial charge in [0.15, 0.2) is 5.43 Å². The summed E-state index contributed by atoms with van der Waals surface area (Å²) in [6.45, 7) is 2.09. The van der Waals surface area contributed by atoms with Crippen molar-refractivity contribution in [3.63, 3.8) is 0 Å². The second-order valence-corrected chi connectivity index (χ2v) is 6.13. The van der Waals surface area contributed by atoms with Crippen LogP contribution in [0.15, 0.2) is 33.7 Å². The van der Waals surface area contributed by atoms with Gasteiger partial charge >= 0.3 is 5.97 Å². The van der Waals surface area contributed by atoms with Gasteiger partial charge in [0.05, 0.1) is 11.6 Å². The molecular formula is C16H19NO4S. The minimum absolute atomic E-state index is 0.119. The number of hydrogen-bond acceptors (Lipinski definition) is 5. The van der Waals surface area contributed by atoms with E-state index in [2.05, 4.69) is 5.32 Å². The van der Waals surface area contributed by atoms with Gasteiger partial charge in [-0.3, -0.25) is 9.59 Å². The summed E-state index contributed by atoms with van der Waals surface area (Å²) in [6, 6.07) is 4.76. The smallest absolute Gasteiger partial charge is 0.320 e. The number of benzene rings is 1. The summed E-state index contributed by atoms with van der Waals surface area (Å²) in [5.74, 6) is -0.162. The van der Waals surface area contributed by atoms with Crippen LogP contribution in [0.3, 0.4) is 0 Å². The minimum atomic E-state index is -0.907. The lowest BCUT2D eigenvalue weighted by Gasteiger charge is -2.13. The second-order valence-electron chi connectivity index (χ2n) is 5.14. The average molecular weight is 321 g/mol. The Morgan fingerprint density at radius 2 is 2.23 bits per heavy atom. The maximum Gasteiger partial charge on any atom is 0.320 e. The fraction of sp³-hybridized carbons (Fsp3) is 0.375. The number of thioether (sulfide) groups is 1. The molecular weight excluding hydrogens is 302 g/mol. The average Bonchev–Trinajstić information content (AvgIpc) is 2.49. The molecule has 1 aromatic carbocycles. The van der Waals surface area contributed by atoms with Crippen molar-refractivity contribution in [2.45, 2.75) is 25.9 Å². The van der Waals surface area contributed by atoms with E-state index in [1.807, 2.05) is 19.2 Å². The van der Waals surface area contributed by atoms with Gasteiger partial charge in [0.25, 0.3) is 0 Å². The predicted molar refractivity (Wildman–Crippen MR) is 88.5 cm³/mol. The first kappa shape index (κ1) is 16.6. The third-order valence-corrected chi connectivity index (χ3v) is 4.09. The third-order valence-electron chi connectivity index (χ3n) is 3.45. The largest absolute Gasteiger partial charge is 0.480 e. The Morgan fingerprint density at radius 1 is 1.45 bits per heavy atom. The highest BCUT2D eigenvalue weighted by Crippen LogP contribution is 2.13.